The van der Waals surface area contributed by atoms with Crippen molar-refractivity contribution in [3.8, 4) is 0 Å². The van der Waals surface area contributed by atoms with Crippen molar-refractivity contribution in [2.45, 2.75) is 65.4 Å². The summed E-state index contributed by atoms with van der Waals surface area (Å²) in [5.74, 6) is 2.77. The largest absolute Gasteiger partial charge is 0.446 e. The minimum Gasteiger partial charge on any atom is -0.446 e. The van der Waals surface area contributed by atoms with Crippen LogP contribution in [-0.4, -0.2) is 12.2 Å². The molecule has 1 atom stereocenters. The first-order valence-electron chi connectivity index (χ1n) is 7.78. The first-order chi connectivity index (χ1) is 8.82. The van der Waals surface area contributed by atoms with E-state index in [-0.39, 0.29) is 11.5 Å². The number of hydrogen-bond donors (Lipinski definition) is 1. The molecule has 4 aliphatic rings. The Kier molecular flexibility index (Phi) is 2.88. The van der Waals surface area contributed by atoms with Gasteiger partial charge in [-0.1, -0.05) is 13.8 Å². The first kappa shape index (κ1) is 13.3. The Morgan fingerprint density at radius 3 is 1.95 bits per heavy atom. The zero-order chi connectivity index (χ0) is 13.8. The molecule has 1 unspecified atom stereocenters. The van der Waals surface area contributed by atoms with E-state index in [9.17, 15) is 4.79 Å². The summed E-state index contributed by atoms with van der Waals surface area (Å²) < 4.78 is 5.34. The fourth-order valence-electron chi connectivity index (χ4n) is 5.65. The first-order valence-corrected chi connectivity index (χ1v) is 7.78. The van der Waals surface area contributed by atoms with Gasteiger partial charge in [-0.05, 0) is 68.6 Å². The van der Waals surface area contributed by atoms with Gasteiger partial charge in [0.05, 0.1) is 0 Å². The molecule has 0 saturated heterocycles. The number of primary amides is 1. The van der Waals surface area contributed by atoms with Crippen LogP contribution in [0.25, 0.3) is 0 Å². The van der Waals surface area contributed by atoms with Crippen LogP contribution in [-0.2, 0) is 4.74 Å². The van der Waals surface area contributed by atoms with E-state index in [0.717, 1.165) is 17.8 Å². The molecule has 0 aromatic heterocycles. The Balaban J connectivity index is 1.85. The van der Waals surface area contributed by atoms with Crippen LogP contribution < -0.4 is 5.73 Å². The molecular formula is C16H27NO2. The van der Waals surface area contributed by atoms with Crippen LogP contribution in [0, 0.1) is 28.6 Å². The number of hydrogen-bond acceptors (Lipinski definition) is 2. The van der Waals surface area contributed by atoms with E-state index in [2.05, 4.69) is 13.8 Å². The highest BCUT2D eigenvalue weighted by atomic mass is 16.6. The average molecular weight is 265 g/mol. The van der Waals surface area contributed by atoms with E-state index in [1.54, 1.807) is 0 Å². The normalized spacial score (nSPS) is 42.2. The van der Waals surface area contributed by atoms with Crippen molar-refractivity contribution in [2.75, 3.05) is 0 Å². The van der Waals surface area contributed by atoms with Crippen LogP contribution >= 0.6 is 0 Å². The monoisotopic (exact) mass is 265 g/mol. The summed E-state index contributed by atoms with van der Waals surface area (Å²) in [6.07, 6.45) is 7.60. The van der Waals surface area contributed by atoms with Gasteiger partial charge in [0.25, 0.3) is 0 Å². The lowest BCUT2D eigenvalue weighted by Crippen LogP contribution is -2.56. The molecule has 3 heteroatoms. The van der Waals surface area contributed by atoms with E-state index < -0.39 is 6.09 Å². The van der Waals surface area contributed by atoms with Crippen molar-refractivity contribution in [1.82, 2.24) is 0 Å². The van der Waals surface area contributed by atoms with E-state index in [4.69, 9.17) is 10.5 Å². The second kappa shape index (κ2) is 4.13. The molecule has 0 aromatic carbocycles. The summed E-state index contributed by atoms with van der Waals surface area (Å²) in [4.78, 5) is 11.1. The van der Waals surface area contributed by atoms with Crippen LogP contribution in [0.5, 0.6) is 0 Å². The molecule has 4 fully saturated rings. The molecule has 3 nitrogen and oxygen atoms in total. The third kappa shape index (κ3) is 1.96. The number of rotatable bonds is 3. The SMILES string of the molecule is CC(OC(N)=O)C(C)(C)C12CC3CC(CC(C3)C1)C2. The molecule has 2 N–H and O–H groups in total. The molecule has 0 heterocycles. The fourth-order valence-corrected chi connectivity index (χ4v) is 5.65. The van der Waals surface area contributed by atoms with Crippen molar-refractivity contribution in [3.63, 3.8) is 0 Å². The fraction of sp³-hybridized carbons (Fsp3) is 0.938. The summed E-state index contributed by atoms with van der Waals surface area (Å²) in [6.45, 7) is 6.59. The Morgan fingerprint density at radius 2 is 1.58 bits per heavy atom. The second-order valence-corrected chi connectivity index (χ2v) is 8.00. The molecule has 0 radical (unpaired) electrons. The lowest BCUT2D eigenvalue weighted by molar-refractivity contribution is -0.153. The zero-order valence-electron chi connectivity index (χ0n) is 12.4. The molecule has 19 heavy (non-hydrogen) atoms. The molecule has 0 spiro atoms. The Hall–Kier alpha value is -0.730. The molecule has 1 amide bonds. The van der Waals surface area contributed by atoms with E-state index >= 15 is 0 Å². The minimum atomic E-state index is -0.634. The van der Waals surface area contributed by atoms with E-state index in [0.29, 0.717) is 5.41 Å². The van der Waals surface area contributed by atoms with E-state index in [1.807, 2.05) is 6.92 Å². The van der Waals surface area contributed by atoms with Gasteiger partial charge >= 0.3 is 6.09 Å². The molecule has 4 rings (SSSR count). The van der Waals surface area contributed by atoms with Crippen LogP contribution in [0.4, 0.5) is 4.79 Å². The lowest BCUT2D eigenvalue weighted by atomic mass is 9.42. The Labute approximate surface area is 116 Å². The molecule has 4 bridgehead atoms. The highest BCUT2D eigenvalue weighted by Crippen LogP contribution is 2.66. The summed E-state index contributed by atoms with van der Waals surface area (Å²) in [5, 5.41) is 0. The predicted molar refractivity (Wildman–Crippen MR) is 74.5 cm³/mol. The highest BCUT2D eigenvalue weighted by Gasteiger charge is 2.58. The van der Waals surface area contributed by atoms with Gasteiger partial charge < -0.3 is 10.5 Å². The maximum absolute atomic E-state index is 11.1. The summed E-state index contributed by atoms with van der Waals surface area (Å²) in [6, 6.07) is 0. The van der Waals surface area contributed by atoms with Gasteiger partial charge in [0.1, 0.15) is 6.10 Å². The van der Waals surface area contributed by atoms with Gasteiger partial charge in [0, 0.05) is 5.41 Å². The van der Waals surface area contributed by atoms with Crippen LogP contribution in [0.1, 0.15) is 59.3 Å². The highest BCUT2D eigenvalue weighted by molar-refractivity contribution is 5.64. The van der Waals surface area contributed by atoms with Crippen LogP contribution in [0.2, 0.25) is 0 Å². The molecule has 108 valence electrons. The lowest BCUT2D eigenvalue weighted by Gasteiger charge is -2.63. The number of ether oxygens (including phenoxy) is 1. The van der Waals surface area contributed by atoms with Crippen molar-refractivity contribution in [3.05, 3.63) is 0 Å². The van der Waals surface area contributed by atoms with Crippen LogP contribution in [0.3, 0.4) is 0 Å². The van der Waals surface area contributed by atoms with Crippen molar-refractivity contribution < 1.29 is 9.53 Å². The number of nitrogens with two attached hydrogens (primary N) is 1. The van der Waals surface area contributed by atoms with Gasteiger partial charge in [-0.15, -0.1) is 0 Å². The number of amides is 1. The van der Waals surface area contributed by atoms with Crippen molar-refractivity contribution in [2.24, 2.45) is 34.3 Å². The van der Waals surface area contributed by atoms with Crippen molar-refractivity contribution in [1.29, 1.82) is 0 Å². The number of carbonyl (C=O) groups excluding carboxylic acids is 1. The smallest absolute Gasteiger partial charge is 0.404 e. The van der Waals surface area contributed by atoms with Gasteiger partial charge in [-0.2, -0.15) is 0 Å². The minimum absolute atomic E-state index is 0.0258. The van der Waals surface area contributed by atoms with E-state index in [1.165, 1.54) is 38.5 Å². The number of carbonyl (C=O) groups is 1. The quantitative estimate of drug-likeness (QED) is 0.845. The molecule has 4 saturated carbocycles. The Morgan fingerprint density at radius 1 is 1.16 bits per heavy atom. The van der Waals surface area contributed by atoms with Crippen LogP contribution in [0.15, 0.2) is 0 Å². The predicted octanol–water partition coefficient (Wildman–Crippen LogP) is 3.71. The Bertz CT molecular complexity index is 353. The van der Waals surface area contributed by atoms with Crippen molar-refractivity contribution >= 4 is 6.09 Å². The molecule has 0 aliphatic heterocycles. The molecular weight excluding hydrogens is 238 g/mol. The van der Waals surface area contributed by atoms with Gasteiger partial charge in [-0.25, -0.2) is 4.79 Å². The van der Waals surface area contributed by atoms with Gasteiger partial charge in [-0.3, -0.25) is 0 Å². The maximum Gasteiger partial charge on any atom is 0.404 e. The van der Waals surface area contributed by atoms with Gasteiger partial charge in [0.2, 0.25) is 0 Å². The molecule has 0 aromatic rings. The third-order valence-electron chi connectivity index (χ3n) is 6.71. The summed E-state index contributed by atoms with van der Waals surface area (Å²) in [7, 11) is 0. The third-order valence-corrected chi connectivity index (χ3v) is 6.71. The summed E-state index contributed by atoms with van der Waals surface area (Å²) in [5.41, 5.74) is 5.62. The average Bonchev–Trinajstić information content (AvgIpc) is 2.25. The summed E-state index contributed by atoms with van der Waals surface area (Å²) >= 11 is 0. The second-order valence-electron chi connectivity index (χ2n) is 8.00. The molecule has 4 aliphatic carbocycles. The topological polar surface area (TPSA) is 52.3 Å². The maximum atomic E-state index is 11.1. The zero-order valence-corrected chi connectivity index (χ0v) is 12.4. The standard InChI is InChI=1S/C16H27NO2/c1-10(19-14(17)18)15(2,3)16-7-11-4-12(8-16)6-13(5-11)9-16/h10-13H,4-9H2,1-3H3,(H2,17,18). The van der Waals surface area contributed by atoms with Gasteiger partial charge in [0.15, 0.2) is 0 Å².